The van der Waals surface area contributed by atoms with Crippen LogP contribution < -0.4 is 14.9 Å². The van der Waals surface area contributed by atoms with E-state index in [1.54, 1.807) is 11.3 Å². The molecule has 27 heavy (non-hydrogen) atoms. The van der Waals surface area contributed by atoms with Crippen LogP contribution >= 0.6 is 11.3 Å². The Morgan fingerprint density at radius 1 is 1.22 bits per heavy atom. The van der Waals surface area contributed by atoms with E-state index in [0.29, 0.717) is 11.4 Å². The summed E-state index contributed by atoms with van der Waals surface area (Å²) in [6.07, 6.45) is 0. The molecule has 0 atom stereocenters. The summed E-state index contributed by atoms with van der Waals surface area (Å²) in [4.78, 5) is 17.5. The molecule has 0 saturated carbocycles. The Labute approximate surface area is 162 Å². The van der Waals surface area contributed by atoms with Crippen LogP contribution in [0.3, 0.4) is 0 Å². The number of carbonyl (C=O) groups excluding carboxylic acids is 1. The second-order valence-electron chi connectivity index (χ2n) is 6.81. The molecule has 0 radical (unpaired) electrons. The zero-order valence-electron chi connectivity index (χ0n) is 15.5. The number of aryl methyl sites for hydroxylation is 1. The number of hydrogen-bond acceptors (Lipinski definition) is 4. The largest absolute Gasteiger partial charge is 0.482 e. The number of anilines is 1. The Kier molecular flexibility index (Phi) is 4.58. The van der Waals surface area contributed by atoms with Crippen molar-refractivity contribution in [2.24, 2.45) is 4.99 Å². The SMILES string of the molecule is Cc1ccccc1N=c1scc(-c2ccc3c(c2)NC(=O)CO3)n1C(C)C. The maximum Gasteiger partial charge on any atom is 0.262 e. The summed E-state index contributed by atoms with van der Waals surface area (Å²) in [5, 5.41) is 5.00. The number of aromatic nitrogens is 1. The summed E-state index contributed by atoms with van der Waals surface area (Å²) >= 11 is 1.62. The summed E-state index contributed by atoms with van der Waals surface area (Å²) in [6, 6.07) is 14.3. The third-order valence-electron chi connectivity index (χ3n) is 4.50. The first kappa shape index (κ1) is 17.5. The number of nitrogens with one attached hydrogen (secondary N) is 1. The summed E-state index contributed by atoms with van der Waals surface area (Å²) in [6.45, 7) is 6.43. The summed E-state index contributed by atoms with van der Waals surface area (Å²) in [5.41, 5.74) is 4.94. The average molecular weight is 379 g/mol. The van der Waals surface area contributed by atoms with Gasteiger partial charge >= 0.3 is 0 Å². The van der Waals surface area contributed by atoms with Gasteiger partial charge in [-0.15, -0.1) is 11.3 Å². The quantitative estimate of drug-likeness (QED) is 0.719. The minimum atomic E-state index is -0.128. The van der Waals surface area contributed by atoms with Crippen molar-refractivity contribution >= 4 is 28.6 Å². The number of benzene rings is 2. The normalized spacial score (nSPS) is 14.1. The predicted octanol–water partition coefficient (Wildman–Crippen LogP) is 4.67. The number of thiazole rings is 1. The zero-order valence-corrected chi connectivity index (χ0v) is 16.3. The third-order valence-corrected chi connectivity index (χ3v) is 5.34. The van der Waals surface area contributed by atoms with Gasteiger partial charge in [0.15, 0.2) is 11.4 Å². The lowest BCUT2D eigenvalue weighted by Gasteiger charge is -2.19. The van der Waals surface area contributed by atoms with E-state index < -0.39 is 0 Å². The maximum atomic E-state index is 11.6. The molecule has 1 aliphatic rings. The molecular formula is C21H21N3O2S. The van der Waals surface area contributed by atoms with Crippen molar-refractivity contribution in [1.29, 1.82) is 0 Å². The van der Waals surface area contributed by atoms with E-state index in [1.807, 2.05) is 36.4 Å². The van der Waals surface area contributed by atoms with Crippen LogP contribution in [-0.2, 0) is 4.79 Å². The Balaban J connectivity index is 1.83. The van der Waals surface area contributed by atoms with Gasteiger partial charge in [-0.2, -0.15) is 0 Å². The first-order valence-corrected chi connectivity index (χ1v) is 9.78. The highest BCUT2D eigenvalue weighted by Gasteiger charge is 2.18. The van der Waals surface area contributed by atoms with Gasteiger partial charge in [0, 0.05) is 17.0 Å². The highest BCUT2D eigenvalue weighted by molar-refractivity contribution is 7.07. The molecule has 0 saturated heterocycles. The second kappa shape index (κ2) is 7.04. The van der Waals surface area contributed by atoms with Gasteiger partial charge in [-0.05, 0) is 50.6 Å². The fraction of sp³-hybridized carbons (Fsp3) is 0.238. The van der Waals surface area contributed by atoms with Crippen molar-refractivity contribution in [3.05, 3.63) is 58.2 Å². The van der Waals surface area contributed by atoms with Gasteiger partial charge in [0.1, 0.15) is 5.75 Å². The molecule has 2 aromatic carbocycles. The minimum Gasteiger partial charge on any atom is -0.482 e. The molecule has 1 amide bonds. The molecule has 1 aromatic heterocycles. The number of para-hydroxylation sites is 1. The van der Waals surface area contributed by atoms with Crippen LogP contribution in [0, 0.1) is 6.92 Å². The van der Waals surface area contributed by atoms with E-state index in [2.05, 4.69) is 42.1 Å². The molecule has 0 aliphatic carbocycles. The van der Waals surface area contributed by atoms with E-state index in [0.717, 1.165) is 27.3 Å². The van der Waals surface area contributed by atoms with Crippen molar-refractivity contribution in [1.82, 2.24) is 4.57 Å². The Morgan fingerprint density at radius 2 is 2.04 bits per heavy atom. The van der Waals surface area contributed by atoms with Crippen molar-refractivity contribution < 1.29 is 9.53 Å². The lowest BCUT2D eigenvalue weighted by molar-refractivity contribution is -0.118. The molecule has 4 rings (SSSR count). The molecule has 0 spiro atoms. The first-order valence-electron chi connectivity index (χ1n) is 8.90. The van der Waals surface area contributed by atoms with E-state index in [1.165, 1.54) is 0 Å². The summed E-state index contributed by atoms with van der Waals surface area (Å²) < 4.78 is 7.69. The molecule has 1 aliphatic heterocycles. The van der Waals surface area contributed by atoms with E-state index >= 15 is 0 Å². The van der Waals surface area contributed by atoms with Crippen molar-refractivity contribution in [3.63, 3.8) is 0 Å². The molecule has 0 unspecified atom stereocenters. The van der Waals surface area contributed by atoms with Crippen LogP contribution in [0.25, 0.3) is 11.3 Å². The van der Waals surface area contributed by atoms with E-state index in [4.69, 9.17) is 9.73 Å². The summed E-state index contributed by atoms with van der Waals surface area (Å²) in [5.74, 6) is 0.575. The van der Waals surface area contributed by atoms with Crippen LogP contribution in [0.5, 0.6) is 5.75 Å². The fourth-order valence-corrected chi connectivity index (χ4v) is 4.19. The zero-order chi connectivity index (χ0) is 19.0. The molecule has 3 aromatic rings. The van der Waals surface area contributed by atoms with E-state index in [-0.39, 0.29) is 18.6 Å². The first-order chi connectivity index (χ1) is 13.0. The topological polar surface area (TPSA) is 55.6 Å². The van der Waals surface area contributed by atoms with Crippen LogP contribution in [0.2, 0.25) is 0 Å². The molecule has 2 heterocycles. The Morgan fingerprint density at radius 3 is 2.81 bits per heavy atom. The fourth-order valence-electron chi connectivity index (χ4n) is 3.15. The lowest BCUT2D eigenvalue weighted by Crippen LogP contribution is -2.25. The second-order valence-corrected chi connectivity index (χ2v) is 7.65. The van der Waals surface area contributed by atoms with Crippen LogP contribution in [0.1, 0.15) is 25.5 Å². The predicted molar refractivity (Wildman–Crippen MR) is 109 cm³/mol. The summed E-state index contributed by atoms with van der Waals surface area (Å²) in [7, 11) is 0. The number of carbonyl (C=O) groups is 1. The van der Waals surface area contributed by atoms with Gasteiger partial charge in [-0.3, -0.25) is 4.79 Å². The van der Waals surface area contributed by atoms with Gasteiger partial charge in [0.2, 0.25) is 0 Å². The molecule has 0 bridgehead atoms. The molecule has 1 N–H and O–H groups in total. The lowest BCUT2D eigenvalue weighted by atomic mass is 10.1. The molecule has 0 fully saturated rings. The van der Waals surface area contributed by atoms with Gasteiger partial charge in [0.05, 0.1) is 17.1 Å². The van der Waals surface area contributed by atoms with Crippen LogP contribution in [0.15, 0.2) is 52.8 Å². The van der Waals surface area contributed by atoms with Gasteiger partial charge < -0.3 is 14.6 Å². The van der Waals surface area contributed by atoms with Gasteiger partial charge in [0.25, 0.3) is 5.91 Å². The highest BCUT2D eigenvalue weighted by Crippen LogP contribution is 2.33. The van der Waals surface area contributed by atoms with Crippen molar-refractivity contribution in [2.45, 2.75) is 26.8 Å². The van der Waals surface area contributed by atoms with Gasteiger partial charge in [-0.25, -0.2) is 4.99 Å². The average Bonchev–Trinajstić information content (AvgIpc) is 3.07. The number of amides is 1. The van der Waals surface area contributed by atoms with Crippen LogP contribution in [-0.4, -0.2) is 17.1 Å². The standard InChI is InChI=1S/C21H21N3O2S/c1-13(2)24-18(12-27-21(24)23-16-7-5-4-6-14(16)3)15-8-9-19-17(10-15)22-20(25)11-26-19/h4-10,12-13H,11H2,1-3H3,(H,22,25). The van der Waals surface area contributed by atoms with E-state index in [9.17, 15) is 4.79 Å². The third kappa shape index (κ3) is 3.40. The number of ether oxygens (including phenoxy) is 1. The minimum absolute atomic E-state index is 0.0657. The number of rotatable bonds is 3. The number of fused-ring (bicyclic) bond motifs is 1. The number of nitrogens with zero attached hydrogens (tertiary/aromatic N) is 2. The van der Waals surface area contributed by atoms with Gasteiger partial charge in [-0.1, -0.05) is 18.2 Å². The Bertz CT molecular complexity index is 1080. The molecular weight excluding hydrogens is 358 g/mol. The van der Waals surface area contributed by atoms with Crippen molar-refractivity contribution in [2.75, 3.05) is 11.9 Å². The monoisotopic (exact) mass is 379 g/mol. The molecule has 6 heteroatoms. The maximum absolute atomic E-state index is 11.6. The molecule has 5 nitrogen and oxygen atoms in total. The van der Waals surface area contributed by atoms with Crippen LogP contribution in [0.4, 0.5) is 11.4 Å². The smallest absolute Gasteiger partial charge is 0.262 e. The highest BCUT2D eigenvalue weighted by atomic mass is 32.1. The molecule has 138 valence electrons. The van der Waals surface area contributed by atoms with Crippen molar-refractivity contribution in [3.8, 4) is 17.0 Å². The Hall–Kier alpha value is -2.86. The number of hydrogen-bond donors (Lipinski definition) is 1.